The molecule has 0 saturated carbocycles. The summed E-state index contributed by atoms with van der Waals surface area (Å²) in [5, 5.41) is 5.11. The van der Waals surface area contributed by atoms with Crippen LogP contribution in [0.4, 0.5) is 5.69 Å². The van der Waals surface area contributed by atoms with Gasteiger partial charge in [-0.05, 0) is 30.5 Å². The Balaban J connectivity index is 1.41. The van der Waals surface area contributed by atoms with Gasteiger partial charge in [0.15, 0.2) is 18.0 Å². The van der Waals surface area contributed by atoms with Gasteiger partial charge in [-0.25, -0.2) is 0 Å². The maximum absolute atomic E-state index is 12.4. The van der Waals surface area contributed by atoms with E-state index in [0.29, 0.717) is 18.3 Å². The smallest absolute Gasteiger partial charge is 0.279 e. The maximum Gasteiger partial charge on any atom is 0.279 e. The van der Waals surface area contributed by atoms with E-state index in [-0.39, 0.29) is 12.7 Å². The van der Waals surface area contributed by atoms with Crippen molar-refractivity contribution in [1.82, 2.24) is 0 Å². The largest absolute Gasteiger partial charge is 0.454 e. The van der Waals surface area contributed by atoms with E-state index in [1.165, 1.54) is 15.3 Å². The monoisotopic (exact) mass is 331 g/mol. The van der Waals surface area contributed by atoms with Crippen molar-refractivity contribution < 1.29 is 19.2 Å². The molecule has 1 aromatic carbocycles. The third-order valence-electron chi connectivity index (χ3n) is 4.58. The number of nitrogens with one attached hydrogen (secondary N) is 2. The number of thiophene rings is 1. The van der Waals surface area contributed by atoms with Crippen LogP contribution in [0.1, 0.15) is 23.4 Å². The lowest BCUT2D eigenvalue weighted by Gasteiger charge is -2.29. The Hall–Kier alpha value is -2.05. The molecule has 0 radical (unpaired) electrons. The predicted molar refractivity (Wildman–Crippen MR) is 88.3 cm³/mol. The van der Waals surface area contributed by atoms with Crippen molar-refractivity contribution in [3.63, 3.8) is 0 Å². The lowest BCUT2D eigenvalue weighted by Crippen LogP contribution is -3.14. The topological polar surface area (TPSA) is 52.0 Å². The van der Waals surface area contributed by atoms with Crippen LogP contribution in [-0.2, 0) is 11.2 Å². The number of quaternary nitrogens is 1. The van der Waals surface area contributed by atoms with E-state index in [1.807, 2.05) is 29.5 Å². The summed E-state index contributed by atoms with van der Waals surface area (Å²) < 4.78 is 10.6. The molecule has 2 atom stereocenters. The van der Waals surface area contributed by atoms with E-state index in [0.717, 1.165) is 24.4 Å². The fraction of sp³-hybridized carbons (Fsp3) is 0.353. The normalized spacial score (nSPS) is 21.8. The number of hydrogen-bond acceptors (Lipinski definition) is 4. The highest BCUT2D eigenvalue weighted by Crippen LogP contribution is 2.34. The first-order valence-corrected chi connectivity index (χ1v) is 8.69. The summed E-state index contributed by atoms with van der Waals surface area (Å²) in [5.74, 6) is 1.44. The van der Waals surface area contributed by atoms with Gasteiger partial charge in [-0.3, -0.25) is 4.79 Å². The summed E-state index contributed by atoms with van der Waals surface area (Å²) in [6.45, 7) is 3.92. The van der Waals surface area contributed by atoms with E-state index in [2.05, 4.69) is 23.7 Å². The van der Waals surface area contributed by atoms with Crippen LogP contribution >= 0.6 is 11.3 Å². The van der Waals surface area contributed by atoms with Gasteiger partial charge in [-0.15, -0.1) is 11.3 Å². The SMILES string of the molecule is C[C@H]1c2ccsc2CC[NH+]1CC(=O)Nc1ccc2c(c1)OCO2. The van der Waals surface area contributed by atoms with Gasteiger partial charge in [0.05, 0.1) is 6.54 Å². The van der Waals surface area contributed by atoms with Gasteiger partial charge < -0.3 is 19.7 Å². The molecule has 6 heteroatoms. The molecule has 2 N–H and O–H groups in total. The first kappa shape index (κ1) is 14.5. The second-order valence-corrected chi connectivity index (χ2v) is 6.97. The molecule has 0 fully saturated rings. The number of rotatable bonds is 3. The second kappa shape index (κ2) is 5.86. The molecular weight excluding hydrogens is 312 g/mol. The highest BCUT2D eigenvalue weighted by Gasteiger charge is 2.29. The summed E-state index contributed by atoms with van der Waals surface area (Å²) >= 11 is 1.82. The molecule has 1 unspecified atom stereocenters. The zero-order valence-corrected chi connectivity index (χ0v) is 13.7. The van der Waals surface area contributed by atoms with Gasteiger partial charge in [-0.1, -0.05) is 0 Å². The Morgan fingerprint density at radius 1 is 1.35 bits per heavy atom. The van der Waals surface area contributed by atoms with Crippen LogP contribution in [-0.4, -0.2) is 25.8 Å². The molecule has 3 heterocycles. The Kier molecular flexibility index (Phi) is 3.71. The highest BCUT2D eigenvalue weighted by atomic mass is 32.1. The minimum atomic E-state index is 0.0318. The molecular formula is C17H19N2O3S+. The summed E-state index contributed by atoms with van der Waals surface area (Å²) in [4.78, 5) is 15.2. The molecule has 1 amide bonds. The number of ether oxygens (including phenoxy) is 2. The Labute approximate surface area is 138 Å². The van der Waals surface area contributed by atoms with Crippen molar-refractivity contribution >= 4 is 22.9 Å². The Bertz CT molecular complexity index is 743. The number of hydrogen-bond donors (Lipinski definition) is 2. The zero-order valence-electron chi connectivity index (χ0n) is 12.9. The molecule has 4 rings (SSSR count). The number of amides is 1. The van der Waals surface area contributed by atoms with E-state index >= 15 is 0 Å². The molecule has 0 aliphatic carbocycles. The van der Waals surface area contributed by atoms with Crippen molar-refractivity contribution in [2.75, 3.05) is 25.2 Å². The second-order valence-electron chi connectivity index (χ2n) is 5.97. The molecule has 0 spiro atoms. The van der Waals surface area contributed by atoms with E-state index < -0.39 is 0 Å². The van der Waals surface area contributed by atoms with Crippen molar-refractivity contribution in [3.05, 3.63) is 40.1 Å². The quantitative estimate of drug-likeness (QED) is 0.899. The Morgan fingerprint density at radius 3 is 3.13 bits per heavy atom. The van der Waals surface area contributed by atoms with Gasteiger partial charge in [0.1, 0.15) is 6.04 Å². The minimum absolute atomic E-state index is 0.0318. The predicted octanol–water partition coefficient (Wildman–Crippen LogP) is 1.62. The average molecular weight is 331 g/mol. The van der Waals surface area contributed by atoms with Crippen LogP contribution in [0.15, 0.2) is 29.6 Å². The first-order chi connectivity index (χ1) is 11.2. The minimum Gasteiger partial charge on any atom is -0.454 e. The van der Waals surface area contributed by atoms with Crippen LogP contribution in [0.3, 0.4) is 0 Å². The van der Waals surface area contributed by atoms with Crippen molar-refractivity contribution in [2.24, 2.45) is 0 Å². The lowest BCUT2D eigenvalue weighted by molar-refractivity contribution is -0.923. The van der Waals surface area contributed by atoms with Crippen molar-refractivity contribution in [1.29, 1.82) is 0 Å². The third-order valence-corrected chi connectivity index (χ3v) is 5.57. The third kappa shape index (κ3) is 2.80. The van der Waals surface area contributed by atoms with E-state index in [4.69, 9.17) is 9.47 Å². The van der Waals surface area contributed by atoms with Crippen LogP contribution < -0.4 is 19.7 Å². The summed E-state index contributed by atoms with van der Waals surface area (Å²) in [6, 6.07) is 8.04. The van der Waals surface area contributed by atoms with Gasteiger partial charge >= 0.3 is 0 Å². The van der Waals surface area contributed by atoms with Crippen molar-refractivity contribution in [3.8, 4) is 11.5 Å². The number of carbonyl (C=O) groups excluding carboxylic acids is 1. The molecule has 2 aromatic rings. The standard InChI is InChI=1S/C17H18N2O3S/c1-11-13-5-7-23-16(13)4-6-19(11)9-17(20)18-12-2-3-14-15(8-12)22-10-21-14/h2-3,5,7-8,11H,4,6,9-10H2,1H3,(H,18,20)/p+1/t11-/m0/s1. The van der Waals surface area contributed by atoms with E-state index in [1.54, 1.807) is 0 Å². The number of anilines is 1. The summed E-state index contributed by atoms with van der Waals surface area (Å²) in [7, 11) is 0. The molecule has 5 nitrogen and oxygen atoms in total. The van der Waals surface area contributed by atoms with Gasteiger partial charge in [0.2, 0.25) is 6.79 Å². The molecule has 1 aromatic heterocycles. The molecule has 120 valence electrons. The zero-order chi connectivity index (χ0) is 15.8. The van der Waals surface area contributed by atoms with Gasteiger partial charge in [0.25, 0.3) is 5.91 Å². The molecule has 23 heavy (non-hydrogen) atoms. The van der Waals surface area contributed by atoms with Crippen molar-refractivity contribution in [2.45, 2.75) is 19.4 Å². The fourth-order valence-electron chi connectivity index (χ4n) is 3.28. The average Bonchev–Trinajstić information content (AvgIpc) is 3.18. The lowest BCUT2D eigenvalue weighted by atomic mass is 10.0. The number of carbonyl (C=O) groups is 1. The van der Waals surface area contributed by atoms with Crippen LogP contribution in [0, 0.1) is 0 Å². The van der Waals surface area contributed by atoms with E-state index in [9.17, 15) is 4.79 Å². The maximum atomic E-state index is 12.4. The van der Waals surface area contributed by atoms with Crippen LogP contribution in [0.25, 0.3) is 0 Å². The van der Waals surface area contributed by atoms with Gasteiger partial charge in [0, 0.05) is 28.6 Å². The summed E-state index contributed by atoms with van der Waals surface area (Å²) in [6.07, 6.45) is 1.06. The fourth-order valence-corrected chi connectivity index (χ4v) is 4.26. The van der Waals surface area contributed by atoms with Crippen LogP contribution in [0.2, 0.25) is 0 Å². The molecule has 2 aliphatic heterocycles. The Morgan fingerprint density at radius 2 is 2.22 bits per heavy atom. The summed E-state index contributed by atoms with van der Waals surface area (Å²) in [5.41, 5.74) is 2.15. The van der Waals surface area contributed by atoms with Gasteiger partial charge in [-0.2, -0.15) is 0 Å². The number of benzene rings is 1. The molecule has 0 bridgehead atoms. The molecule has 0 saturated heterocycles. The number of fused-ring (bicyclic) bond motifs is 2. The highest BCUT2D eigenvalue weighted by molar-refractivity contribution is 7.10. The first-order valence-electron chi connectivity index (χ1n) is 7.81. The van der Waals surface area contributed by atoms with Crippen LogP contribution in [0.5, 0.6) is 11.5 Å². The molecule has 2 aliphatic rings.